The molecule has 1 amide bonds. The van der Waals surface area contributed by atoms with E-state index in [-0.39, 0.29) is 12.5 Å². The average Bonchev–Trinajstić information content (AvgIpc) is 3.17. The molecule has 31 heavy (non-hydrogen) atoms. The van der Waals surface area contributed by atoms with Crippen LogP contribution in [0.3, 0.4) is 0 Å². The van der Waals surface area contributed by atoms with Crippen LogP contribution in [0.1, 0.15) is 5.01 Å². The van der Waals surface area contributed by atoms with Crippen molar-refractivity contribution in [1.82, 2.24) is 14.5 Å². The van der Waals surface area contributed by atoms with Crippen molar-refractivity contribution in [2.45, 2.75) is 13.5 Å². The molecule has 4 aromatic rings. The Morgan fingerprint density at radius 1 is 1.06 bits per heavy atom. The normalized spacial score (nSPS) is 10.8. The van der Waals surface area contributed by atoms with Crippen LogP contribution in [0.5, 0.6) is 11.5 Å². The zero-order chi connectivity index (χ0) is 22.0. The third-order valence-electron chi connectivity index (χ3n) is 4.64. The molecule has 0 saturated heterocycles. The molecule has 0 bridgehead atoms. The third kappa shape index (κ3) is 4.13. The van der Waals surface area contributed by atoms with Crippen LogP contribution in [0, 0.1) is 6.92 Å². The highest BCUT2D eigenvalue weighted by molar-refractivity contribution is 7.18. The summed E-state index contributed by atoms with van der Waals surface area (Å²) in [5, 5.41) is 3.57. The summed E-state index contributed by atoms with van der Waals surface area (Å²) in [5.74, 6) is 0.682. The second-order valence-electron chi connectivity index (χ2n) is 6.70. The number of benzene rings is 2. The number of methoxy groups -OCH3 is 2. The molecule has 2 aromatic carbocycles. The molecule has 2 heterocycles. The molecule has 2 aromatic heterocycles. The lowest BCUT2D eigenvalue weighted by atomic mass is 10.1. The van der Waals surface area contributed by atoms with Crippen LogP contribution in [-0.2, 0) is 11.3 Å². The number of anilines is 1. The van der Waals surface area contributed by atoms with Crippen LogP contribution in [0.2, 0.25) is 0 Å². The Balaban J connectivity index is 1.67. The Hall–Kier alpha value is -3.72. The number of ether oxygens (including phenoxy) is 2. The Morgan fingerprint density at radius 3 is 2.52 bits per heavy atom. The molecule has 0 aliphatic carbocycles. The molecule has 8 nitrogen and oxygen atoms in total. The quantitative estimate of drug-likeness (QED) is 0.497. The number of nitrogens with zero attached hydrogens (tertiary/aromatic N) is 3. The average molecular weight is 436 g/mol. The van der Waals surface area contributed by atoms with Crippen molar-refractivity contribution in [2.24, 2.45) is 0 Å². The fraction of sp³-hybridized carbons (Fsp3) is 0.182. The summed E-state index contributed by atoms with van der Waals surface area (Å²) in [4.78, 5) is 34.9. The number of nitrogens with one attached hydrogen (secondary N) is 1. The first-order valence-corrected chi connectivity index (χ1v) is 10.3. The highest BCUT2D eigenvalue weighted by Gasteiger charge is 2.18. The standard InChI is InChI=1S/C22H20N4O4S/c1-13-23-20-19(14-7-5-4-6-8-14)25-22(28)26(21(20)31-13)12-18(27)24-15-9-10-16(29-2)17(11-15)30-3/h4-11H,12H2,1-3H3,(H,24,27). The second kappa shape index (κ2) is 8.57. The number of hydrogen-bond donors (Lipinski definition) is 1. The fourth-order valence-electron chi connectivity index (χ4n) is 3.24. The van der Waals surface area contributed by atoms with Gasteiger partial charge in [-0.3, -0.25) is 9.36 Å². The van der Waals surface area contributed by atoms with Crippen LogP contribution in [-0.4, -0.2) is 34.7 Å². The number of aromatic nitrogens is 3. The number of aryl methyl sites for hydroxylation is 1. The topological polar surface area (TPSA) is 95.3 Å². The van der Waals surface area contributed by atoms with Crippen molar-refractivity contribution in [2.75, 3.05) is 19.5 Å². The summed E-state index contributed by atoms with van der Waals surface area (Å²) < 4.78 is 11.8. The van der Waals surface area contributed by atoms with Gasteiger partial charge in [-0.15, -0.1) is 11.3 Å². The number of carbonyl (C=O) groups excluding carboxylic acids is 1. The fourth-order valence-corrected chi connectivity index (χ4v) is 4.15. The lowest BCUT2D eigenvalue weighted by Crippen LogP contribution is -2.29. The molecule has 0 spiro atoms. The van der Waals surface area contributed by atoms with Gasteiger partial charge in [-0.2, -0.15) is 4.98 Å². The van der Waals surface area contributed by atoms with Crippen molar-refractivity contribution >= 4 is 33.3 Å². The zero-order valence-electron chi connectivity index (χ0n) is 17.2. The van der Waals surface area contributed by atoms with E-state index in [9.17, 15) is 9.59 Å². The second-order valence-corrected chi connectivity index (χ2v) is 7.88. The van der Waals surface area contributed by atoms with E-state index in [1.807, 2.05) is 37.3 Å². The summed E-state index contributed by atoms with van der Waals surface area (Å²) in [6.45, 7) is 1.67. The van der Waals surface area contributed by atoms with Gasteiger partial charge < -0.3 is 14.8 Å². The van der Waals surface area contributed by atoms with Crippen molar-refractivity contribution in [1.29, 1.82) is 0 Å². The maximum Gasteiger partial charge on any atom is 0.349 e. The summed E-state index contributed by atoms with van der Waals surface area (Å²) in [5.41, 5.74) is 1.95. The van der Waals surface area contributed by atoms with Gasteiger partial charge in [0.1, 0.15) is 22.6 Å². The Labute approximate surface area is 182 Å². The van der Waals surface area contributed by atoms with E-state index in [0.717, 1.165) is 10.6 Å². The molecule has 0 atom stereocenters. The number of hydrogen-bond acceptors (Lipinski definition) is 7. The summed E-state index contributed by atoms with van der Waals surface area (Å²) in [7, 11) is 3.06. The number of amides is 1. The van der Waals surface area contributed by atoms with Crippen molar-refractivity contribution < 1.29 is 14.3 Å². The smallest absolute Gasteiger partial charge is 0.349 e. The molecule has 158 valence electrons. The van der Waals surface area contributed by atoms with Crippen molar-refractivity contribution in [3.8, 4) is 22.8 Å². The SMILES string of the molecule is COc1ccc(NC(=O)Cn2c(=O)nc(-c3ccccc3)c3nc(C)sc32)cc1OC. The predicted molar refractivity (Wildman–Crippen MR) is 120 cm³/mol. The monoisotopic (exact) mass is 436 g/mol. The number of thiazole rings is 1. The van der Waals surface area contributed by atoms with Crippen LogP contribution < -0.4 is 20.5 Å². The largest absolute Gasteiger partial charge is 0.493 e. The van der Waals surface area contributed by atoms with Crippen LogP contribution in [0.15, 0.2) is 53.3 Å². The number of fused-ring (bicyclic) bond motifs is 1. The van der Waals surface area contributed by atoms with Gasteiger partial charge >= 0.3 is 5.69 Å². The molecule has 1 N–H and O–H groups in total. The van der Waals surface area contributed by atoms with Crippen LogP contribution >= 0.6 is 11.3 Å². The maximum absolute atomic E-state index is 12.8. The summed E-state index contributed by atoms with van der Waals surface area (Å²) in [6, 6.07) is 14.5. The first kappa shape index (κ1) is 20.5. The lowest BCUT2D eigenvalue weighted by molar-refractivity contribution is -0.116. The van der Waals surface area contributed by atoms with Gasteiger partial charge in [0, 0.05) is 17.3 Å². The van der Waals surface area contributed by atoms with Gasteiger partial charge in [-0.25, -0.2) is 9.78 Å². The minimum atomic E-state index is -0.502. The molecule has 0 aliphatic heterocycles. The van der Waals surface area contributed by atoms with Gasteiger partial charge in [0.25, 0.3) is 0 Å². The molecule has 0 aliphatic rings. The molecule has 0 fully saturated rings. The minimum Gasteiger partial charge on any atom is -0.493 e. The van der Waals surface area contributed by atoms with Crippen LogP contribution in [0.25, 0.3) is 21.6 Å². The van der Waals surface area contributed by atoms with Gasteiger partial charge in [0.15, 0.2) is 11.5 Å². The van der Waals surface area contributed by atoms with E-state index < -0.39 is 5.69 Å². The third-order valence-corrected chi connectivity index (χ3v) is 5.63. The van der Waals surface area contributed by atoms with Crippen molar-refractivity contribution in [3.63, 3.8) is 0 Å². The van der Waals surface area contributed by atoms with Gasteiger partial charge in [-0.05, 0) is 19.1 Å². The molecule has 4 rings (SSSR count). The Morgan fingerprint density at radius 2 is 1.81 bits per heavy atom. The predicted octanol–water partition coefficient (Wildman–Crippen LogP) is 3.48. The first-order valence-electron chi connectivity index (χ1n) is 9.45. The molecular weight excluding hydrogens is 416 g/mol. The van der Waals surface area contributed by atoms with Crippen molar-refractivity contribution in [3.05, 3.63) is 64.0 Å². The number of carbonyl (C=O) groups is 1. The van der Waals surface area contributed by atoms with E-state index in [0.29, 0.717) is 33.2 Å². The van der Waals surface area contributed by atoms with E-state index in [2.05, 4.69) is 15.3 Å². The molecule has 0 radical (unpaired) electrons. The van der Waals surface area contributed by atoms with E-state index in [4.69, 9.17) is 9.47 Å². The van der Waals surface area contributed by atoms with E-state index in [1.54, 1.807) is 18.2 Å². The Kier molecular flexibility index (Phi) is 5.68. The molecule has 0 saturated carbocycles. The van der Waals surface area contributed by atoms with Gasteiger partial charge in [-0.1, -0.05) is 30.3 Å². The Bertz CT molecular complexity index is 1310. The van der Waals surface area contributed by atoms with Gasteiger partial charge in [0.2, 0.25) is 5.91 Å². The lowest BCUT2D eigenvalue weighted by Gasteiger charge is -2.12. The zero-order valence-corrected chi connectivity index (χ0v) is 18.0. The van der Waals surface area contributed by atoms with E-state index >= 15 is 0 Å². The maximum atomic E-state index is 12.8. The minimum absolute atomic E-state index is 0.187. The van der Waals surface area contributed by atoms with Crippen LogP contribution in [0.4, 0.5) is 5.69 Å². The summed E-state index contributed by atoms with van der Waals surface area (Å²) in [6.07, 6.45) is 0. The first-order chi connectivity index (χ1) is 15.0. The molecule has 0 unspecified atom stereocenters. The summed E-state index contributed by atoms with van der Waals surface area (Å²) >= 11 is 1.36. The molecule has 9 heteroatoms. The number of rotatable bonds is 6. The van der Waals surface area contributed by atoms with E-state index in [1.165, 1.54) is 30.1 Å². The van der Waals surface area contributed by atoms with Gasteiger partial charge in [0.05, 0.1) is 19.2 Å². The molecular formula is C22H20N4O4S. The highest BCUT2D eigenvalue weighted by atomic mass is 32.1. The highest BCUT2D eigenvalue weighted by Crippen LogP contribution is 2.30.